The Morgan fingerprint density at radius 3 is 2.43 bits per heavy atom. The molecule has 0 atom stereocenters. The fourth-order valence-electron chi connectivity index (χ4n) is 3.46. The standard InChI is InChI=1S/C21H25NO5S/c1-3-4-5-8-16-11-18(24)19(15-9-6-7-14(2)10-15)20(25)21(16)28(26,27)22-12-17(23)13-22/h6-7,9-11,24-25H,3-5,8,12-13H2,1-2H3. The third-order valence-corrected chi connectivity index (χ3v) is 6.88. The van der Waals surface area contributed by atoms with Crippen LogP contribution >= 0.6 is 0 Å². The van der Waals surface area contributed by atoms with Gasteiger partial charge in [-0.15, -0.1) is 0 Å². The third-order valence-electron chi connectivity index (χ3n) is 4.97. The van der Waals surface area contributed by atoms with E-state index in [0.29, 0.717) is 17.5 Å². The highest BCUT2D eigenvalue weighted by Gasteiger charge is 2.39. The van der Waals surface area contributed by atoms with Gasteiger partial charge in [-0.25, -0.2) is 8.42 Å². The largest absolute Gasteiger partial charge is 0.507 e. The van der Waals surface area contributed by atoms with Crippen molar-refractivity contribution in [1.29, 1.82) is 0 Å². The summed E-state index contributed by atoms with van der Waals surface area (Å²) in [5.74, 6) is -0.780. The Balaban J connectivity index is 2.18. The number of carbonyl (C=O) groups excluding carboxylic acids is 1. The number of rotatable bonds is 7. The van der Waals surface area contributed by atoms with E-state index in [1.807, 2.05) is 19.9 Å². The van der Waals surface area contributed by atoms with E-state index in [9.17, 15) is 23.4 Å². The van der Waals surface area contributed by atoms with Gasteiger partial charge in [0.05, 0.1) is 18.7 Å². The number of phenolic OH excluding ortho intramolecular Hbond substituents is 2. The average Bonchev–Trinajstić information content (AvgIpc) is 2.58. The van der Waals surface area contributed by atoms with Gasteiger partial charge in [0, 0.05) is 0 Å². The molecule has 2 aromatic rings. The molecule has 0 amide bonds. The number of phenols is 2. The van der Waals surface area contributed by atoms with Crippen LogP contribution in [0.1, 0.15) is 37.3 Å². The molecule has 1 fully saturated rings. The molecule has 1 saturated heterocycles. The molecular formula is C21H25NO5S. The average molecular weight is 404 g/mol. The zero-order valence-corrected chi connectivity index (χ0v) is 16.9. The smallest absolute Gasteiger partial charge is 0.247 e. The van der Waals surface area contributed by atoms with Crippen LogP contribution in [0.5, 0.6) is 11.5 Å². The second kappa shape index (κ2) is 7.93. The molecule has 3 rings (SSSR count). The highest BCUT2D eigenvalue weighted by molar-refractivity contribution is 7.89. The van der Waals surface area contributed by atoms with Gasteiger partial charge in [0.2, 0.25) is 10.0 Å². The molecule has 0 bridgehead atoms. The maximum Gasteiger partial charge on any atom is 0.247 e. The van der Waals surface area contributed by atoms with Crippen molar-refractivity contribution in [2.24, 2.45) is 0 Å². The Morgan fingerprint density at radius 2 is 1.82 bits per heavy atom. The lowest BCUT2D eigenvalue weighted by atomic mass is 9.97. The van der Waals surface area contributed by atoms with Crippen molar-refractivity contribution < 1.29 is 23.4 Å². The summed E-state index contributed by atoms with van der Waals surface area (Å²) in [5, 5.41) is 21.6. The summed E-state index contributed by atoms with van der Waals surface area (Å²) in [6, 6.07) is 8.57. The first kappa shape index (κ1) is 20.4. The van der Waals surface area contributed by atoms with E-state index in [-0.39, 0.29) is 35.1 Å². The molecule has 0 saturated carbocycles. The van der Waals surface area contributed by atoms with Gasteiger partial charge in [0.1, 0.15) is 16.4 Å². The molecule has 7 heteroatoms. The van der Waals surface area contributed by atoms with Crippen LogP contribution in [0.3, 0.4) is 0 Å². The molecule has 150 valence electrons. The molecule has 0 unspecified atom stereocenters. The number of sulfonamides is 1. The minimum Gasteiger partial charge on any atom is -0.507 e. The lowest BCUT2D eigenvalue weighted by Crippen LogP contribution is -2.50. The first-order valence-corrected chi connectivity index (χ1v) is 10.9. The van der Waals surface area contributed by atoms with Gasteiger partial charge < -0.3 is 10.2 Å². The molecule has 1 aliphatic rings. The summed E-state index contributed by atoms with van der Waals surface area (Å²) < 4.78 is 27.3. The first-order chi connectivity index (χ1) is 13.3. The molecule has 2 N–H and O–H groups in total. The van der Waals surface area contributed by atoms with Gasteiger partial charge >= 0.3 is 0 Å². The number of hydrogen-bond acceptors (Lipinski definition) is 5. The number of ketones is 1. The summed E-state index contributed by atoms with van der Waals surface area (Å²) in [4.78, 5) is 11.1. The summed E-state index contributed by atoms with van der Waals surface area (Å²) in [6.07, 6.45) is 3.02. The molecule has 6 nitrogen and oxygen atoms in total. The van der Waals surface area contributed by atoms with Crippen LogP contribution in [0.4, 0.5) is 0 Å². The predicted molar refractivity (Wildman–Crippen MR) is 107 cm³/mol. The molecule has 0 spiro atoms. The van der Waals surface area contributed by atoms with E-state index < -0.39 is 15.8 Å². The quantitative estimate of drug-likeness (QED) is 0.691. The maximum atomic E-state index is 13.1. The highest BCUT2D eigenvalue weighted by atomic mass is 32.2. The minimum absolute atomic E-state index is 0.0911. The molecule has 0 aliphatic carbocycles. The number of hydrogen-bond donors (Lipinski definition) is 2. The van der Waals surface area contributed by atoms with Crippen LogP contribution in [0.2, 0.25) is 0 Å². The Hall–Kier alpha value is -2.38. The number of aromatic hydroxyl groups is 2. The maximum absolute atomic E-state index is 13.1. The number of nitrogens with zero attached hydrogens (tertiary/aromatic N) is 1. The van der Waals surface area contributed by atoms with Crippen molar-refractivity contribution in [2.45, 2.75) is 44.4 Å². The molecule has 28 heavy (non-hydrogen) atoms. The number of aryl methyl sites for hydroxylation is 2. The fraction of sp³-hybridized carbons (Fsp3) is 0.381. The Labute approximate surface area is 165 Å². The van der Waals surface area contributed by atoms with Gasteiger partial charge in [-0.05, 0) is 37.0 Å². The van der Waals surface area contributed by atoms with Crippen molar-refractivity contribution in [3.63, 3.8) is 0 Å². The van der Waals surface area contributed by atoms with Crippen molar-refractivity contribution >= 4 is 15.8 Å². The monoisotopic (exact) mass is 403 g/mol. The van der Waals surface area contributed by atoms with E-state index in [4.69, 9.17) is 0 Å². The van der Waals surface area contributed by atoms with E-state index in [0.717, 1.165) is 29.1 Å². The highest BCUT2D eigenvalue weighted by Crippen LogP contribution is 2.45. The Morgan fingerprint density at radius 1 is 1.11 bits per heavy atom. The zero-order valence-electron chi connectivity index (χ0n) is 16.1. The van der Waals surface area contributed by atoms with Crippen LogP contribution in [-0.2, 0) is 21.2 Å². The van der Waals surface area contributed by atoms with Gasteiger partial charge in [-0.2, -0.15) is 4.31 Å². The number of carbonyl (C=O) groups is 1. The lowest BCUT2D eigenvalue weighted by Gasteiger charge is -2.30. The molecule has 0 radical (unpaired) electrons. The molecular weight excluding hydrogens is 378 g/mol. The normalized spacial score (nSPS) is 14.9. The second-order valence-electron chi connectivity index (χ2n) is 7.25. The number of Topliss-reactive ketones (excluding diaryl/α,β-unsaturated/α-hetero) is 1. The van der Waals surface area contributed by atoms with E-state index in [1.54, 1.807) is 18.2 Å². The van der Waals surface area contributed by atoms with Crippen molar-refractivity contribution in [2.75, 3.05) is 13.1 Å². The summed E-state index contributed by atoms with van der Waals surface area (Å²) in [7, 11) is -4.04. The van der Waals surface area contributed by atoms with Gasteiger partial charge in [-0.1, -0.05) is 49.6 Å². The second-order valence-corrected chi connectivity index (χ2v) is 9.12. The summed E-state index contributed by atoms with van der Waals surface area (Å²) in [5.41, 5.74) is 1.92. The van der Waals surface area contributed by atoms with Crippen molar-refractivity contribution in [1.82, 2.24) is 4.31 Å². The van der Waals surface area contributed by atoms with Crippen molar-refractivity contribution in [3.8, 4) is 22.6 Å². The molecule has 1 heterocycles. The number of benzene rings is 2. The van der Waals surface area contributed by atoms with Crippen LogP contribution in [0.25, 0.3) is 11.1 Å². The van der Waals surface area contributed by atoms with Crippen LogP contribution < -0.4 is 0 Å². The predicted octanol–water partition coefficient (Wildman–Crippen LogP) is 3.38. The molecule has 2 aromatic carbocycles. The van der Waals surface area contributed by atoms with Crippen LogP contribution in [0, 0.1) is 6.92 Å². The van der Waals surface area contributed by atoms with E-state index in [2.05, 4.69) is 0 Å². The topological polar surface area (TPSA) is 94.9 Å². The fourth-order valence-corrected chi connectivity index (χ4v) is 5.18. The lowest BCUT2D eigenvalue weighted by molar-refractivity contribution is -0.125. The summed E-state index contributed by atoms with van der Waals surface area (Å²) in [6.45, 7) is 3.55. The SMILES string of the molecule is CCCCCc1cc(O)c(-c2cccc(C)c2)c(O)c1S(=O)(=O)N1CC(=O)C1. The van der Waals surface area contributed by atoms with E-state index in [1.165, 1.54) is 6.07 Å². The Kier molecular flexibility index (Phi) is 5.76. The van der Waals surface area contributed by atoms with E-state index >= 15 is 0 Å². The zero-order chi connectivity index (χ0) is 20.5. The van der Waals surface area contributed by atoms with Crippen LogP contribution in [-0.4, -0.2) is 41.8 Å². The summed E-state index contributed by atoms with van der Waals surface area (Å²) >= 11 is 0. The van der Waals surface area contributed by atoms with Gasteiger partial charge in [-0.3, -0.25) is 4.79 Å². The first-order valence-electron chi connectivity index (χ1n) is 9.42. The van der Waals surface area contributed by atoms with Crippen LogP contribution in [0.15, 0.2) is 35.2 Å². The van der Waals surface area contributed by atoms with Gasteiger partial charge in [0.15, 0.2) is 5.78 Å². The number of unbranched alkanes of at least 4 members (excludes halogenated alkanes) is 2. The minimum atomic E-state index is -4.04. The Bertz CT molecular complexity index is 1010. The molecule has 0 aromatic heterocycles. The third kappa shape index (κ3) is 3.77. The van der Waals surface area contributed by atoms with Crippen molar-refractivity contribution in [3.05, 3.63) is 41.5 Å². The molecule has 1 aliphatic heterocycles. The van der Waals surface area contributed by atoms with Gasteiger partial charge in [0.25, 0.3) is 0 Å².